The molecule has 2 unspecified atom stereocenters. The zero-order chi connectivity index (χ0) is 17.4. The summed E-state index contributed by atoms with van der Waals surface area (Å²) in [5.41, 5.74) is 2.24. The molecule has 0 aliphatic rings. The molecule has 0 heterocycles. The summed E-state index contributed by atoms with van der Waals surface area (Å²) in [7, 11) is 0. The van der Waals surface area contributed by atoms with Gasteiger partial charge in [0, 0.05) is 5.92 Å². The monoisotopic (exact) mass is 346 g/mol. The van der Waals surface area contributed by atoms with Gasteiger partial charge < -0.3 is 9.47 Å². The molecule has 0 aliphatic carbocycles. The van der Waals surface area contributed by atoms with Crippen LogP contribution in [0.3, 0.4) is 0 Å². The van der Waals surface area contributed by atoms with Crippen molar-refractivity contribution < 1.29 is 14.3 Å². The summed E-state index contributed by atoms with van der Waals surface area (Å²) in [6.07, 6.45) is 0.446. The standard InChI is InChI=1S/C20H23ClO3/c1-3-23-20(22)19(21)13-16-9-11-18(12-10-16)24-14-15(2)17-7-5-4-6-8-17/h4-12,15,19H,3,13-14H2,1-2H3. The molecule has 4 heteroatoms. The number of carbonyl (C=O) groups is 1. The Balaban J connectivity index is 1.85. The molecule has 0 amide bonds. The molecule has 2 aromatic carbocycles. The highest BCUT2D eigenvalue weighted by atomic mass is 35.5. The first-order chi connectivity index (χ1) is 11.6. The van der Waals surface area contributed by atoms with Crippen LogP contribution in [0.1, 0.15) is 30.9 Å². The second-order valence-corrected chi connectivity index (χ2v) is 6.22. The quantitative estimate of drug-likeness (QED) is 0.518. The number of rotatable bonds is 8. The van der Waals surface area contributed by atoms with E-state index < -0.39 is 5.38 Å². The van der Waals surface area contributed by atoms with Gasteiger partial charge in [-0.25, -0.2) is 0 Å². The van der Waals surface area contributed by atoms with Gasteiger partial charge in [-0.05, 0) is 36.6 Å². The summed E-state index contributed by atoms with van der Waals surface area (Å²) in [6, 6.07) is 18.0. The Kier molecular flexibility index (Phi) is 7.13. The third kappa shape index (κ3) is 5.57. The number of ether oxygens (including phenoxy) is 2. The fourth-order valence-electron chi connectivity index (χ4n) is 2.34. The van der Waals surface area contributed by atoms with Gasteiger partial charge in [0.15, 0.2) is 0 Å². The number of alkyl halides is 1. The lowest BCUT2D eigenvalue weighted by Crippen LogP contribution is -2.20. The summed E-state index contributed by atoms with van der Waals surface area (Å²) in [5.74, 6) is 0.752. The molecule has 2 atom stereocenters. The zero-order valence-electron chi connectivity index (χ0n) is 14.1. The number of hydrogen-bond acceptors (Lipinski definition) is 3. The van der Waals surface area contributed by atoms with E-state index in [1.807, 2.05) is 42.5 Å². The molecular weight excluding hydrogens is 324 g/mol. The normalized spacial score (nSPS) is 13.1. The van der Waals surface area contributed by atoms with Crippen molar-refractivity contribution in [3.63, 3.8) is 0 Å². The average molecular weight is 347 g/mol. The van der Waals surface area contributed by atoms with Crippen molar-refractivity contribution in [2.45, 2.75) is 31.6 Å². The number of esters is 1. The van der Waals surface area contributed by atoms with Gasteiger partial charge in [-0.3, -0.25) is 4.79 Å². The molecule has 0 N–H and O–H groups in total. The van der Waals surface area contributed by atoms with Gasteiger partial charge in [0.25, 0.3) is 0 Å². The minimum atomic E-state index is -0.658. The smallest absolute Gasteiger partial charge is 0.324 e. The maximum atomic E-state index is 11.5. The van der Waals surface area contributed by atoms with Gasteiger partial charge in [-0.1, -0.05) is 49.4 Å². The first-order valence-corrected chi connectivity index (χ1v) is 8.61. The average Bonchev–Trinajstić information content (AvgIpc) is 2.61. The molecule has 0 radical (unpaired) electrons. The molecule has 128 valence electrons. The van der Waals surface area contributed by atoms with Crippen LogP contribution in [-0.4, -0.2) is 24.6 Å². The summed E-state index contributed by atoms with van der Waals surface area (Å²) in [5, 5.41) is -0.658. The third-order valence-electron chi connectivity index (χ3n) is 3.75. The van der Waals surface area contributed by atoms with Crippen LogP contribution in [0, 0.1) is 0 Å². The van der Waals surface area contributed by atoms with Crippen LogP contribution in [-0.2, 0) is 16.0 Å². The number of hydrogen-bond donors (Lipinski definition) is 0. The Morgan fingerprint density at radius 1 is 1.08 bits per heavy atom. The highest BCUT2D eigenvalue weighted by Gasteiger charge is 2.17. The van der Waals surface area contributed by atoms with E-state index in [1.54, 1.807) is 6.92 Å². The van der Waals surface area contributed by atoms with Crippen LogP contribution in [0.5, 0.6) is 5.75 Å². The van der Waals surface area contributed by atoms with E-state index >= 15 is 0 Å². The minimum Gasteiger partial charge on any atom is -0.493 e. The predicted octanol–water partition coefficient (Wildman–Crippen LogP) is 4.58. The van der Waals surface area contributed by atoms with Crippen LogP contribution in [0.25, 0.3) is 0 Å². The molecular formula is C20H23ClO3. The van der Waals surface area contributed by atoms with Gasteiger partial charge in [0.2, 0.25) is 0 Å². The number of halogens is 1. The Bertz CT molecular complexity index is 625. The molecule has 2 aromatic rings. The van der Waals surface area contributed by atoms with Gasteiger partial charge in [-0.15, -0.1) is 11.6 Å². The Hall–Kier alpha value is -2.00. The second-order valence-electron chi connectivity index (χ2n) is 5.69. The third-order valence-corrected chi connectivity index (χ3v) is 4.08. The molecule has 2 rings (SSSR count). The van der Waals surface area contributed by atoms with E-state index in [-0.39, 0.29) is 5.97 Å². The number of benzene rings is 2. The van der Waals surface area contributed by atoms with Gasteiger partial charge in [0.05, 0.1) is 13.2 Å². The Morgan fingerprint density at radius 3 is 2.38 bits per heavy atom. The van der Waals surface area contributed by atoms with Gasteiger partial charge in [0.1, 0.15) is 11.1 Å². The maximum Gasteiger partial charge on any atom is 0.324 e. The molecule has 24 heavy (non-hydrogen) atoms. The van der Waals surface area contributed by atoms with Crippen LogP contribution in [0.2, 0.25) is 0 Å². The highest BCUT2D eigenvalue weighted by molar-refractivity contribution is 6.30. The molecule has 0 aliphatic heterocycles. The molecule has 0 spiro atoms. The van der Waals surface area contributed by atoms with E-state index in [4.69, 9.17) is 21.1 Å². The fraction of sp³-hybridized carbons (Fsp3) is 0.350. The van der Waals surface area contributed by atoms with Crippen molar-refractivity contribution in [2.24, 2.45) is 0 Å². The zero-order valence-corrected chi connectivity index (χ0v) is 14.8. The topological polar surface area (TPSA) is 35.5 Å². The molecule has 0 fully saturated rings. The molecule has 0 saturated carbocycles. The lowest BCUT2D eigenvalue weighted by molar-refractivity contribution is -0.142. The van der Waals surface area contributed by atoms with E-state index in [0.717, 1.165) is 11.3 Å². The molecule has 3 nitrogen and oxygen atoms in total. The summed E-state index contributed by atoms with van der Waals surface area (Å²) in [4.78, 5) is 11.5. The second kappa shape index (κ2) is 9.33. The van der Waals surface area contributed by atoms with Crippen LogP contribution >= 0.6 is 11.6 Å². The van der Waals surface area contributed by atoms with Crippen molar-refractivity contribution in [2.75, 3.05) is 13.2 Å². The molecule has 0 saturated heterocycles. The van der Waals surface area contributed by atoms with Crippen molar-refractivity contribution in [1.82, 2.24) is 0 Å². The van der Waals surface area contributed by atoms with E-state index in [1.165, 1.54) is 5.56 Å². The minimum absolute atomic E-state index is 0.321. The summed E-state index contributed by atoms with van der Waals surface area (Å²) in [6.45, 7) is 4.87. The molecule has 0 bridgehead atoms. The van der Waals surface area contributed by atoms with E-state index in [2.05, 4.69) is 19.1 Å². The van der Waals surface area contributed by atoms with Gasteiger partial charge in [-0.2, -0.15) is 0 Å². The van der Waals surface area contributed by atoms with Crippen LogP contribution < -0.4 is 4.74 Å². The van der Waals surface area contributed by atoms with Gasteiger partial charge >= 0.3 is 5.97 Å². The maximum absolute atomic E-state index is 11.5. The van der Waals surface area contributed by atoms with Crippen molar-refractivity contribution in [3.05, 3.63) is 65.7 Å². The summed E-state index contributed by atoms with van der Waals surface area (Å²) < 4.78 is 10.8. The van der Waals surface area contributed by atoms with Crippen LogP contribution in [0.15, 0.2) is 54.6 Å². The lowest BCUT2D eigenvalue weighted by atomic mass is 10.0. The first kappa shape index (κ1) is 18.3. The van der Waals surface area contributed by atoms with Crippen LogP contribution in [0.4, 0.5) is 0 Å². The Morgan fingerprint density at radius 2 is 1.75 bits per heavy atom. The highest BCUT2D eigenvalue weighted by Crippen LogP contribution is 2.19. The Labute approximate surface area is 148 Å². The fourth-order valence-corrected chi connectivity index (χ4v) is 2.58. The lowest BCUT2D eigenvalue weighted by Gasteiger charge is -2.14. The van der Waals surface area contributed by atoms with Crippen molar-refractivity contribution >= 4 is 17.6 Å². The largest absolute Gasteiger partial charge is 0.493 e. The predicted molar refractivity (Wildman–Crippen MR) is 96.8 cm³/mol. The summed E-state index contributed by atoms with van der Waals surface area (Å²) >= 11 is 6.05. The first-order valence-electron chi connectivity index (χ1n) is 8.17. The SMILES string of the molecule is CCOC(=O)C(Cl)Cc1ccc(OCC(C)c2ccccc2)cc1. The van der Waals surface area contributed by atoms with Crippen molar-refractivity contribution in [1.29, 1.82) is 0 Å². The molecule has 0 aromatic heterocycles. The van der Waals surface area contributed by atoms with E-state index in [9.17, 15) is 4.79 Å². The van der Waals surface area contributed by atoms with E-state index in [0.29, 0.717) is 25.6 Å². The number of carbonyl (C=O) groups excluding carboxylic acids is 1. The van der Waals surface area contributed by atoms with Crippen molar-refractivity contribution in [3.8, 4) is 5.75 Å².